The van der Waals surface area contributed by atoms with Crippen LogP contribution in [-0.4, -0.2) is 38.8 Å². The normalized spacial score (nSPS) is 11.6. The van der Waals surface area contributed by atoms with Crippen LogP contribution < -0.4 is 10.6 Å². The largest absolute Gasteiger partial charge is 0.449 e. The molecule has 2 aromatic heterocycles. The molecule has 0 bridgehead atoms. The van der Waals surface area contributed by atoms with Gasteiger partial charge < -0.3 is 10.1 Å². The lowest BCUT2D eigenvalue weighted by atomic mass is 10.1. The molecule has 3 amide bonds. The molecule has 0 aliphatic heterocycles. The topological polar surface area (TPSA) is 115 Å². The van der Waals surface area contributed by atoms with Crippen LogP contribution in [0.4, 0.5) is 4.79 Å². The molecule has 9 nitrogen and oxygen atoms in total. The van der Waals surface area contributed by atoms with E-state index in [1.54, 1.807) is 16.9 Å². The van der Waals surface area contributed by atoms with Crippen molar-refractivity contribution in [3.05, 3.63) is 84.1 Å². The molecule has 35 heavy (non-hydrogen) atoms. The molecule has 2 heterocycles. The molecule has 4 rings (SSSR count). The summed E-state index contributed by atoms with van der Waals surface area (Å²) in [6.45, 7) is 4.16. The van der Waals surface area contributed by atoms with Crippen molar-refractivity contribution in [1.29, 1.82) is 0 Å². The van der Waals surface area contributed by atoms with Crippen molar-refractivity contribution < 1.29 is 19.1 Å². The van der Waals surface area contributed by atoms with Gasteiger partial charge in [-0.1, -0.05) is 60.7 Å². The van der Waals surface area contributed by atoms with Gasteiger partial charge in [0.25, 0.3) is 5.91 Å². The number of fused-ring (bicyclic) bond motifs is 1. The Morgan fingerprint density at radius 1 is 1.03 bits per heavy atom. The summed E-state index contributed by atoms with van der Waals surface area (Å²) in [5.74, 6) is -1.45. The van der Waals surface area contributed by atoms with Gasteiger partial charge in [0, 0.05) is 18.7 Å². The van der Waals surface area contributed by atoms with Crippen LogP contribution in [0.15, 0.2) is 72.9 Å². The molecule has 0 spiro atoms. The van der Waals surface area contributed by atoms with Crippen LogP contribution >= 0.6 is 0 Å². The van der Waals surface area contributed by atoms with Gasteiger partial charge in [-0.3, -0.25) is 10.1 Å². The molecule has 0 saturated carbocycles. The Balaban J connectivity index is 1.48. The highest BCUT2D eigenvalue weighted by Gasteiger charge is 2.24. The lowest BCUT2D eigenvalue weighted by molar-refractivity contribution is -0.127. The molecule has 0 radical (unpaired) electrons. The molecular weight excluding hydrogens is 446 g/mol. The number of nitrogens with one attached hydrogen (secondary N) is 2. The van der Waals surface area contributed by atoms with E-state index in [1.807, 2.05) is 67.6 Å². The van der Waals surface area contributed by atoms with Crippen molar-refractivity contribution in [2.75, 3.05) is 0 Å². The molecule has 4 aromatic rings. The van der Waals surface area contributed by atoms with E-state index in [-0.39, 0.29) is 12.1 Å². The number of pyridine rings is 1. The molecule has 2 N–H and O–H groups in total. The van der Waals surface area contributed by atoms with Crippen LogP contribution in [0.1, 0.15) is 29.8 Å². The van der Waals surface area contributed by atoms with Crippen molar-refractivity contribution >= 4 is 28.9 Å². The Hall–Kier alpha value is -4.53. The predicted octanol–water partition coefficient (Wildman–Crippen LogP) is 3.69. The number of hydrogen-bond acceptors (Lipinski definition) is 6. The number of imide groups is 1. The third kappa shape index (κ3) is 5.52. The molecule has 1 atom stereocenters. The number of carbonyl (C=O) groups excluding carboxylic acids is 3. The van der Waals surface area contributed by atoms with E-state index >= 15 is 0 Å². The SMILES string of the molecule is CCn1ncc2c(C(=O)OC(C)C(=O)NC(=O)NCc3ccccc3)cc(-c3ccccc3)nc21. The van der Waals surface area contributed by atoms with Crippen LogP contribution in [0.5, 0.6) is 0 Å². The minimum absolute atomic E-state index is 0.238. The molecule has 178 valence electrons. The molecule has 9 heteroatoms. The summed E-state index contributed by atoms with van der Waals surface area (Å²) in [5, 5.41) is 9.62. The summed E-state index contributed by atoms with van der Waals surface area (Å²) in [5.41, 5.74) is 3.07. The van der Waals surface area contributed by atoms with Crippen LogP contribution in [0.2, 0.25) is 0 Å². The maximum absolute atomic E-state index is 13.1. The van der Waals surface area contributed by atoms with Crippen molar-refractivity contribution in [1.82, 2.24) is 25.4 Å². The van der Waals surface area contributed by atoms with E-state index in [1.165, 1.54) is 6.92 Å². The molecular formula is C26H25N5O4. The first-order valence-corrected chi connectivity index (χ1v) is 11.2. The van der Waals surface area contributed by atoms with Crippen LogP contribution in [0, 0.1) is 0 Å². The van der Waals surface area contributed by atoms with Gasteiger partial charge in [-0.05, 0) is 25.5 Å². The number of hydrogen-bond donors (Lipinski definition) is 2. The summed E-state index contributed by atoms with van der Waals surface area (Å²) >= 11 is 0. The Morgan fingerprint density at radius 2 is 1.71 bits per heavy atom. The fraction of sp³-hybridized carbons (Fsp3) is 0.192. The van der Waals surface area contributed by atoms with E-state index in [0.29, 0.717) is 23.3 Å². The fourth-order valence-electron chi connectivity index (χ4n) is 3.52. The Bertz CT molecular complexity index is 1350. The van der Waals surface area contributed by atoms with Crippen molar-refractivity contribution in [3.63, 3.8) is 0 Å². The number of amides is 3. The first-order valence-electron chi connectivity index (χ1n) is 11.2. The number of ether oxygens (including phenoxy) is 1. The maximum Gasteiger partial charge on any atom is 0.339 e. The standard InChI is InChI=1S/C26H25N5O4/c1-3-31-23-21(16-28-31)20(14-22(29-23)19-12-8-5-9-13-19)25(33)35-17(2)24(32)30-26(34)27-15-18-10-6-4-7-11-18/h4-14,16-17H,3,15H2,1-2H3,(H2,27,30,32,34). The average molecular weight is 472 g/mol. The second-order valence-electron chi connectivity index (χ2n) is 7.82. The van der Waals surface area contributed by atoms with Gasteiger partial charge in [-0.2, -0.15) is 5.10 Å². The summed E-state index contributed by atoms with van der Waals surface area (Å²) in [4.78, 5) is 42.3. The van der Waals surface area contributed by atoms with Crippen LogP contribution in [-0.2, 0) is 22.6 Å². The number of urea groups is 1. The summed E-state index contributed by atoms with van der Waals surface area (Å²) in [6.07, 6.45) is 0.355. The van der Waals surface area contributed by atoms with Gasteiger partial charge in [0.1, 0.15) is 0 Å². The number of nitrogens with zero attached hydrogens (tertiary/aromatic N) is 3. The highest BCUT2D eigenvalue weighted by Crippen LogP contribution is 2.25. The number of aryl methyl sites for hydroxylation is 1. The minimum atomic E-state index is -1.20. The molecule has 1 unspecified atom stereocenters. The second kappa shape index (κ2) is 10.6. The van der Waals surface area contributed by atoms with Gasteiger partial charge in [0.05, 0.1) is 22.8 Å². The average Bonchev–Trinajstić information content (AvgIpc) is 3.31. The molecule has 0 fully saturated rings. The van der Waals surface area contributed by atoms with Gasteiger partial charge in [0.2, 0.25) is 0 Å². The summed E-state index contributed by atoms with van der Waals surface area (Å²) < 4.78 is 7.09. The highest BCUT2D eigenvalue weighted by molar-refractivity contribution is 6.05. The van der Waals surface area contributed by atoms with Crippen LogP contribution in [0.25, 0.3) is 22.3 Å². The number of aromatic nitrogens is 3. The maximum atomic E-state index is 13.1. The second-order valence-corrected chi connectivity index (χ2v) is 7.82. The fourth-order valence-corrected chi connectivity index (χ4v) is 3.52. The molecule has 0 aliphatic carbocycles. The smallest absolute Gasteiger partial charge is 0.339 e. The van der Waals surface area contributed by atoms with Crippen LogP contribution in [0.3, 0.4) is 0 Å². The Morgan fingerprint density at radius 3 is 2.40 bits per heavy atom. The monoisotopic (exact) mass is 471 g/mol. The molecule has 2 aromatic carbocycles. The van der Waals surface area contributed by atoms with Crippen molar-refractivity contribution in [3.8, 4) is 11.3 Å². The van der Waals surface area contributed by atoms with Gasteiger partial charge in [0.15, 0.2) is 11.8 Å². The van der Waals surface area contributed by atoms with E-state index < -0.39 is 24.0 Å². The van der Waals surface area contributed by atoms with E-state index in [2.05, 4.69) is 20.7 Å². The summed E-state index contributed by atoms with van der Waals surface area (Å²) in [7, 11) is 0. The quantitative estimate of drug-likeness (QED) is 0.397. The number of benzene rings is 2. The Labute approximate surface area is 202 Å². The zero-order chi connectivity index (χ0) is 24.8. The lowest BCUT2D eigenvalue weighted by Gasteiger charge is -2.14. The van der Waals surface area contributed by atoms with E-state index in [4.69, 9.17) is 4.74 Å². The van der Waals surface area contributed by atoms with E-state index in [9.17, 15) is 14.4 Å². The van der Waals surface area contributed by atoms with Gasteiger partial charge >= 0.3 is 12.0 Å². The van der Waals surface area contributed by atoms with Gasteiger partial charge in [-0.15, -0.1) is 0 Å². The Kier molecular flexibility index (Phi) is 7.15. The van der Waals surface area contributed by atoms with Crippen molar-refractivity contribution in [2.24, 2.45) is 0 Å². The number of carbonyl (C=O) groups is 3. The first-order chi connectivity index (χ1) is 17.0. The number of esters is 1. The number of rotatable bonds is 7. The van der Waals surface area contributed by atoms with Crippen molar-refractivity contribution in [2.45, 2.75) is 33.0 Å². The minimum Gasteiger partial charge on any atom is -0.449 e. The zero-order valence-electron chi connectivity index (χ0n) is 19.4. The summed E-state index contributed by atoms with van der Waals surface area (Å²) in [6, 6.07) is 19.7. The highest BCUT2D eigenvalue weighted by atomic mass is 16.5. The third-order valence-electron chi connectivity index (χ3n) is 5.38. The predicted molar refractivity (Wildman–Crippen MR) is 130 cm³/mol. The first kappa shape index (κ1) is 23.6. The molecule has 0 aliphatic rings. The van der Waals surface area contributed by atoms with E-state index in [0.717, 1.165) is 11.1 Å². The molecule has 0 saturated heterocycles. The third-order valence-corrected chi connectivity index (χ3v) is 5.38. The zero-order valence-corrected chi connectivity index (χ0v) is 19.4. The van der Waals surface area contributed by atoms with Gasteiger partial charge in [-0.25, -0.2) is 19.3 Å². The lowest BCUT2D eigenvalue weighted by Crippen LogP contribution is -2.44.